The van der Waals surface area contributed by atoms with Crippen LogP contribution in [0.5, 0.6) is 0 Å². The molecule has 0 bridgehead atoms. The summed E-state index contributed by atoms with van der Waals surface area (Å²) in [7, 11) is 1.48. The number of amides is 3. The molecule has 1 atom stereocenters. The zero-order chi connectivity index (χ0) is 20.2. The predicted molar refractivity (Wildman–Crippen MR) is 113 cm³/mol. The van der Waals surface area contributed by atoms with Crippen LogP contribution in [0.15, 0.2) is 53.0 Å². The summed E-state index contributed by atoms with van der Waals surface area (Å²) < 4.78 is 2.16. The van der Waals surface area contributed by atoms with Crippen LogP contribution in [0.1, 0.15) is 40.4 Å². The van der Waals surface area contributed by atoms with Gasteiger partial charge in [0.05, 0.1) is 0 Å². The molecular weight excluding hydrogens is 406 g/mol. The molecule has 4 rings (SSSR count). The Balaban J connectivity index is 1.62. The maximum atomic E-state index is 12.8. The number of thioether (sulfide) groups is 1. The number of imide groups is 1. The number of nitrogens with one attached hydrogen (secondary N) is 2. The fourth-order valence-corrected chi connectivity index (χ4v) is 4.85. The molecule has 0 radical (unpaired) electrons. The van der Waals surface area contributed by atoms with Gasteiger partial charge in [0.15, 0.2) is 5.16 Å². The van der Waals surface area contributed by atoms with E-state index in [-0.39, 0.29) is 5.91 Å². The molecule has 1 aliphatic carbocycles. The minimum atomic E-state index is -0.607. The molecule has 7 nitrogen and oxygen atoms in total. The van der Waals surface area contributed by atoms with Crippen molar-refractivity contribution in [2.45, 2.75) is 35.7 Å². The van der Waals surface area contributed by atoms with Crippen molar-refractivity contribution in [3.63, 3.8) is 0 Å². The topological polar surface area (TPSA) is 88.9 Å². The Hall–Kier alpha value is -2.65. The molecule has 3 aromatic rings. The molecular formula is C20H21N5O2S2. The molecule has 3 amide bonds. The normalized spacial score (nSPS) is 14.4. The van der Waals surface area contributed by atoms with E-state index >= 15 is 0 Å². The summed E-state index contributed by atoms with van der Waals surface area (Å²) in [5, 5.41) is 15.8. The van der Waals surface area contributed by atoms with E-state index in [9.17, 15) is 9.59 Å². The van der Waals surface area contributed by atoms with Crippen LogP contribution < -0.4 is 10.6 Å². The van der Waals surface area contributed by atoms with Crippen molar-refractivity contribution in [2.75, 3.05) is 7.05 Å². The van der Waals surface area contributed by atoms with E-state index in [1.807, 2.05) is 36.4 Å². The van der Waals surface area contributed by atoms with E-state index in [0.717, 1.165) is 30.7 Å². The van der Waals surface area contributed by atoms with Gasteiger partial charge in [-0.3, -0.25) is 10.1 Å². The third kappa shape index (κ3) is 4.68. The summed E-state index contributed by atoms with van der Waals surface area (Å²) in [6, 6.07) is 13.4. The second-order valence-electron chi connectivity index (χ2n) is 6.73. The van der Waals surface area contributed by atoms with Crippen molar-refractivity contribution >= 4 is 35.0 Å². The van der Waals surface area contributed by atoms with Crippen molar-refractivity contribution in [1.82, 2.24) is 25.4 Å². The van der Waals surface area contributed by atoms with Crippen LogP contribution in [0.25, 0.3) is 0 Å². The monoisotopic (exact) mass is 427 g/mol. The molecule has 1 saturated carbocycles. The quantitative estimate of drug-likeness (QED) is 0.563. The van der Waals surface area contributed by atoms with E-state index in [1.54, 1.807) is 11.3 Å². The first-order chi connectivity index (χ1) is 14.2. The number of urea groups is 1. The van der Waals surface area contributed by atoms with Crippen LogP contribution in [0.2, 0.25) is 0 Å². The summed E-state index contributed by atoms with van der Waals surface area (Å²) in [6.45, 7) is 0. The van der Waals surface area contributed by atoms with Crippen LogP contribution in [-0.4, -0.2) is 33.8 Å². The second kappa shape index (κ2) is 8.79. The van der Waals surface area contributed by atoms with E-state index in [0.29, 0.717) is 11.2 Å². The molecule has 150 valence electrons. The first kappa shape index (κ1) is 19.7. The summed E-state index contributed by atoms with van der Waals surface area (Å²) in [5.74, 6) is 0.529. The highest BCUT2D eigenvalue weighted by Crippen LogP contribution is 2.42. The van der Waals surface area contributed by atoms with Crippen molar-refractivity contribution < 1.29 is 9.59 Å². The van der Waals surface area contributed by atoms with Gasteiger partial charge in [0, 0.05) is 24.4 Å². The lowest BCUT2D eigenvalue weighted by atomic mass is 10.1. The Bertz CT molecular complexity index is 984. The second-order valence-corrected chi connectivity index (χ2v) is 8.84. The largest absolute Gasteiger partial charge is 0.341 e. The maximum Gasteiger partial charge on any atom is 0.321 e. The van der Waals surface area contributed by atoms with Gasteiger partial charge in [0.1, 0.15) is 11.1 Å². The molecule has 0 saturated heterocycles. The highest BCUT2D eigenvalue weighted by atomic mass is 32.2. The minimum Gasteiger partial charge on any atom is -0.341 e. The molecule has 2 aromatic heterocycles. The molecule has 29 heavy (non-hydrogen) atoms. The van der Waals surface area contributed by atoms with Crippen molar-refractivity contribution in [2.24, 2.45) is 0 Å². The number of nitrogens with zero attached hydrogens (tertiary/aromatic N) is 3. The number of benzene rings is 1. The molecule has 1 aliphatic rings. The number of thiophene rings is 1. The average Bonchev–Trinajstić information content (AvgIpc) is 3.29. The third-order valence-electron chi connectivity index (χ3n) is 4.59. The molecule has 9 heteroatoms. The highest BCUT2D eigenvalue weighted by Gasteiger charge is 2.33. The summed E-state index contributed by atoms with van der Waals surface area (Å²) in [4.78, 5) is 25.8. The average molecular weight is 428 g/mol. The van der Waals surface area contributed by atoms with Crippen LogP contribution in [0.3, 0.4) is 0 Å². The Morgan fingerprint density at radius 2 is 2.00 bits per heavy atom. The predicted octanol–water partition coefficient (Wildman–Crippen LogP) is 3.55. The highest BCUT2D eigenvalue weighted by molar-refractivity contribution is 8.00. The van der Waals surface area contributed by atoms with Crippen molar-refractivity contribution in [1.29, 1.82) is 0 Å². The van der Waals surface area contributed by atoms with Crippen LogP contribution in [0.4, 0.5) is 4.79 Å². The summed E-state index contributed by atoms with van der Waals surface area (Å²) in [5.41, 5.74) is 0.809. The van der Waals surface area contributed by atoms with Gasteiger partial charge in [-0.25, -0.2) is 4.79 Å². The van der Waals surface area contributed by atoms with Gasteiger partial charge >= 0.3 is 6.03 Å². The molecule has 1 aromatic carbocycles. The summed E-state index contributed by atoms with van der Waals surface area (Å²) >= 11 is 3.03. The standard InChI is InChI=1S/C20H21N5O2S2/c1-21-19(27)22-18(26)17(13-6-3-2-4-7-13)29-20-24-23-16(25(20)14-9-10-14)12-15-8-5-11-28-15/h2-8,11,14,17H,9-10,12H2,1H3,(H2,21,22,26,27)/t17-/m1/s1. The lowest BCUT2D eigenvalue weighted by Crippen LogP contribution is -2.39. The van der Waals surface area contributed by atoms with Crippen LogP contribution in [0, 0.1) is 0 Å². The Kier molecular flexibility index (Phi) is 5.96. The fourth-order valence-electron chi connectivity index (χ4n) is 3.02. The third-order valence-corrected chi connectivity index (χ3v) is 6.67. The molecule has 1 fully saturated rings. The van der Waals surface area contributed by atoms with E-state index in [4.69, 9.17) is 0 Å². The van der Waals surface area contributed by atoms with E-state index in [1.165, 1.54) is 23.7 Å². The lowest BCUT2D eigenvalue weighted by Gasteiger charge is -2.17. The first-order valence-corrected chi connectivity index (χ1v) is 11.1. The number of carbonyl (C=O) groups excluding carboxylic acids is 2. The minimum absolute atomic E-state index is 0.376. The van der Waals surface area contributed by atoms with Gasteiger partial charge < -0.3 is 9.88 Å². The van der Waals surface area contributed by atoms with Crippen molar-refractivity contribution in [3.8, 4) is 0 Å². The number of hydrogen-bond acceptors (Lipinski definition) is 6. The van der Waals surface area contributed by atoms with Crippen LogP contribution >= 0.6 is 23.1 Å². The molecule has 2 N–H and O–H groups in total. The number of carbonyl (C=O) groups is 2. The van der Waals surface area contributed by atoms with Crippen molar-refractivity contribution in [3.05, 3.63) is 64.1 Å². The first-order valence-electron chi connectivity index (χ1n) is 9.36. The SMILES string of the molecule is CNC(=O)NC(=O)[C@H](Sc1nnc(Cc2cccs2)n1C1CC1)c1ccccc1. The zero-order valence-electron chi connectivity index (χ0n) is 15.9. The number of hydrogen-bond donors (Lipinski definition) is 2. The number of rotatable bonds is 7. The fraction of sp³-hybridized carbons (Fsp3) is 0.300. The van der Waals surface area contributed by atoms with Gasteiger partial charge in [-0.1, -0.05) is 48.2 Å². The summed E-state index contributed by atoms with van der Waals surface area (Å²) in [6.07, 6.45) is 2.90. The van der Waals surface area contributed by atoms with Gasteiger partial charge in [-0.15, -0.1) is 21.5 Å². The number of aromatic nitrogens is 3. The van der Waals surface area contributed by atoms with Gasteiger partial charge in [-0.05, 0) is 29.9 Å². The van der Waals surface area contributed by atoms with Crippen LogP contribution in [-0.2, 0) is 11.2 Å². The molecule has 0 unspecified atom stereocenters. The Morgan fingerprint density at radius 3 is 2.66 bits per heavy atom. The van der Waals surface area contributed by atoms with Gasteiger partial charge in [0.25, 0.3) is 0 Å². The smallest absolute Gasteiger partial charge is 0.321 e. The Labute approximate surface area is 176 Å². The molecule has 0 aliphatic heterocycles. The van der Waals surface area contributed by atoms with E-state index < -0.39 is 11.3 Å². The maximum absolute atomic E-state index is 12.8. The van der Waals surface area contributed by atoms with Gasteiger partial charge in [-0.2, -0.15) is 0 Å². The Morgan fingerprint density at radius 1 is 1.21 bits per heavy atom. The zero-order valence-corrected chi connectivity index (χ0v) is 17.5. The van der Waals surface area contributed by atoms with E-state index in [2.05, 4.69) is 36.8 Å². The van der Waals surface area contributed by atoms with Gasteiger partial charge in [0.2, 0.25) is 5.91 Å². The molecule has 2 heterocycles. The lowest BCUT2D eigenvalue weighted by molar-refractivity contribution is -0.119. The molecule has 0 spiro atoms.